The lowest BCUT2D eigenvalue weighted by Gasteiger charge is -2.04. The highest BCUT2D eigenvalue weighted by Crippen LogP contribution is 2.23. The van der Waals surface area contributed by atoms with Gasteiger partial charge in [0, 0.05) is 24.7 Å². The second-order valence-corrected chi connectivity index (χ2v) is 3.96. The van der Waals surface area contributed by atoms with Crippen LogP contribution < -0.4 is 10.6 Å². The maximum atomic E-state index is 11.1. The van der Waals surface area contributed by atoms with Crippen LogP contribution in [-0.2, 0) is 17.8 Å². The van der Waals surface area contributed by atoms with Gasteiger partial charge < -0.3 is 10.6 Å². The van der Waals surface area contributed by atoms with Crippen molar-refractivity contribution in [2.75, 3.05) is 17.7 Å². The first-order chi connectivity index (χ1) is 7.29. The minimum absolute atomic E-state index is 0.0795. The van der Waals surface area contributed by atoms with E-state index in [0.717, 1.165) is 24.3 Å². The average molecular weight is 225 g/mol. The van der Waals surface area contributed by atoms with E-state index in [1.807, 2.05) is 12.1 Å². The zero-order chi connectivity index (χ0) is 10.7. The SMILES string of the molecule is O=C1Cc2cc(CNCCCl)ccc2N1. The molecule has 0 saturated carbocycles. The van der Waals surface area contributed by atoms with Crippen molar-refractivity contribution in [2.45, 2.75) is 13.0 Å². The van der Waals surface area contributed by atoms with E-state index in [-0.39, 0.29) is 5.91 Å². The fourth-order valence-electron chi connectivity index (χ4n) is 1.69. The van der Waals surface area contributed by atoms with E-state index in [1.165, 1.54) is 5.56 Å². The summed E-state index contributed by atoms with van der Waals surface area (Å²) in [6, 6.07) is 6.04. The molecule has 1 aromatic rings. The van der Waals surface area contributed by atoms with Crippen molar-refractivity contribution >= 4 is 23.2 Å². The van der Waals surface area contributed by atoms with E-state index in [1.54, 1.807) is 0 Å². The molecule has 2 N–H and O–H groups in total. The van der Waals surface area contributed by atoms with Gasteiger partial charge in [0.25, 0.3) is 0 Å². The normalized spacial score (nSPS) is 13.8. The molecule has 4 heteroatoms. The van der Waals surface area contributed by atoms with Crippen molar-refractivity contribution in [1.29, 1.82) is 0 Å². The molecule has 0 spiro atoms. The van der Waals surface area contributed by atoms with E-state index in [4.69, 9.17) is 11.6 Å². The van der Waals surface area contributed by atoms with Gasteiger partial charge in [0.2, 0.25) is 5.91 Å². The van der Waals surface area contributed by atoms with Crippen LogP contribution in [0.25, 0.3) is 0 Å². The van der Waals surface area contributed by atoms with Gasteiger partial charge in [-0.3, -0.25) is 4.79 Å². The average Bonchev–Trinajstić information content (AvgIpc) is 2.57. The van der Waals surface area contributed by atoms with E-state index in [2.05, 4.69) is 16.7 Å². The van der Waals surface area contributed by atoms with Crippen molar-refractivity contribution in [1.82, 2.24) is 5.32 Å². The third-order valence-electron chi connectivity index (χ3n) is 2.40. The predicted octanol–water partition coefficient (Wildman–Crippen LogP) is 1.51. The molecule has 0 fully saturated rings. The molecule has 0 unspecified atom stereocenters. The highest BCUT2D eigenvalue weighted by atomic mass is 35.5. The fourth-order valence-corrected chi connectivity index (χ4v) is 1.83. The molecule has 1 heterocycles. The molecule has 1 amide bonds. The number of anilines is 1. The number of halogens is 1. The van der Waals surface area contributed by atoms with Gasteiger partial charge in [0.1, 0.15) is 0 Å². The summed E-state index contributed by atoms with van der Waals surface area (Å²) in [7, 11) is 0. The van der Waals surface area contributed by atoms with Gasteiger partial charge in [-0.25, -0.2) is 0 Å². The third kappa shape index (κ3) is 2.49. The monoisotopic (exact) mass is 224 g/mol. The first kappa shape index (κ1) is 10.5. The molecule has 80 valence electrons. The van der Waals surface area contributed by atoms with Crippen LogP contribution in [0.2, 0.25) is 0 Å². The van der Waals surface area contributed by atoms with Crippen LogP contribution in [-0.4, -0.2) is 18.3 Å². The Balaban J connectivity index is 2.03. The molecule has 1 aliphatic heterocycles. The van der Waals surface area contributed by atoms with Gasteiger partial charge in [0.15, 0.2) is 0 Å². The minimum Gasteiger partial charge on any atom is -0.326 e. The van der Waals surface area contributed by atoms with Crippen LogP contribution in [0, 0.1) is 0 Å². The Morgan fingerprint density at radius 1 is 1.47 bits per heavy atom. The first-order valence-electron chi connectivity index (χ1n) is 4.98. The molecule has 0 aromatic heterocycles. The number of nitrogens with one attached hydrogen (secondary N) is 2. The predicted molar refractivity (Wildman–Crippen MR) is 61.2 cm³/mol. The van der Waals surface area contributed by atoms with Crippen LogP contribution in [0.4, 0.5) is 5.69 Å². The first-order valence-corrected chi connectivity index (χ1v) is 5.51. The highest BCUT2D eigenvalue weighted by Gasteiger charge is 2.16. The van der Waals surface area contributed by atoms with Gasteiger partial charge in [-0.2, -0.15) is 0 Å². The summed E-state index contributed by atoms with van der Waals surface area (Å²) in [4.78, 5) is 11.1. The third-order valence-corrected chi connectivity index (χ3v) is 2.58. The van der Waals surface area contributed by atoms with Gasteiger partial charge in [-0.15, -0.1) is 11.6 Å². The number of hydrogen-bond acceptors (Lipinski definition) is 2. The maximum Gasteiger partial charge on any atom is 0.228 e. The molecule has 15 heavy (non-hydrogen) atoms. The second kappa shape index (κ2) is 4.64. The molecule has 3 nitrogen and oxygen atoms in total. The Labute approximate surface area is 93.8 Å². The van der Waals surface area contributed by atoms with Crippen molar-refractivity contribution in [3.05, 3.63) is 29.3 Å². The fraction of sp³-hybridized carbons (Fsp3) is 0.364. The highest BCUT2D eigenvalue weighted by molar-refractivity contribution is 6.18. The van der Waals surface area contributed by atoms with E-state index in [9.17, 15) is 4.79 Å². The summed E-state index contributed by atoms with van der Waals surface area (Å²) in [6.07, 6.45) is 0.499. The Morgan fingerprint density at radius 3 is 3.13 bits per heavy atom. The van der Waals surface area contributed by atoms with Crippen LogP contribution in [0.1, 0.15) is 11.1 Å². The molecular weight excluding hydrogens is 212 g/mol. The number of carbonyl (C=O) groups is 1. The van der Waals surface area contributed by atoms with Crippen LogP contribution >= 0.6 is 11.6 Å². The molecule has 1 aromatic carbocycles. The summed E-state index contributed by atoms with van der Waals surface area (Å²) < 4.78 is 0. The number of fused-ring (bicyclic) bond motifs is 1. The van der Waals surface area contributed by atoms with Crippen LogP contribution in [0.3, 0.4) is 0 Å². The zero-order valence-electron chi connectivity index (χ0n) is 8.35. The van der Waals surface area contributed by atoms with Gasteiger partial charge in [-0.1, -0.05) is 12.1 Å². The molecule has 0 atom stereocenters. The minimum atomic E-state index is 0.0795. The van der Waals surface area contributed by atoms with Crippen molar-refractivity contribution in [3.63, 3.8) is 0 Å². The Kier molecular flexibility index (Phi) is 3.23. The number of amides is 1. The lowest BCUT2D eigenvalue weighted by Crippen LogP contribution is -2.15. The summed E-state index contributed by atoms with van der Waals surface area (Å²) in [5.41, 5.74) is 3.22. The van der Waals surface area contributed by atoms with E-state index in [0.29, 0.717) is 12.3 Å². The van der Waals surface area contributed by atoms with E-state index >= 15 is 0 Å². The smallest absolute Gasteiger partial charge is 0.228 e. The standard InChI is InChI=1S/C11H13ClN2O/c12-3-4-13-7-8-1-2-10-9(5-8)6-11(15)14-10/h1-2,5,13H,3-4,6-7H2,(H,14,15). The summed E-state index contributed by atoms with van der Waals surface area (Å²) in [6.45, 7) is 1.60. The molecule has 0 aliphatic carbocycles. The van der Waals surface area contributed by atoms with Gasteiger partial charge in [0.05, 0.1) is 6.42 Å². The molecule has 0 bridgehead atoms. The largest absolute Gasteiger partial charge is 0.326 e. The van der Waals surface area contributed by atoms with Crippen LogP contribution in [0.5, 0.6) is 0 Å². The quantitative estimate of drug-likeness (QED) is 0.601. The molecular formula is C11H13ClN2O. The topological polar surface area (TPSA) is 41.1 Å². The van der Waals surface area contributed by atoms with Crippen molar-refractivity contribution in [3.8, 4) is 0 Å². The summed E-state index contributed by atoms with van der Waals surface area (Å²) in [5, 5.41) is 6.03. The molecule has 0 radical (unpaired) electrons. The van der Waals surface area contributed by atoms with Crippen molar-refractivity contribution < 1.29 is 4.79 Å². The molecule has 2 rings (SSSR count). The summed E-state index contributed by atoms with van der Waals surface area (Å²) in [5.74, 6) is 0.696. The number of alkyl halides is 1. The second-order valence-electron chi connectivity index (χ2n) is 3.58. The summed E-state index contributed by atoms with van der Waals surface area (Å²) >= 11 is 5.56. The Hall–Kier alpha value is -1.06. The molecule has 0 saturated heterocycles. The Morgan fingerprint density at radius 2 is 2.33 bits per heavy atom. The van der Waals surface area contributed by atoms with Gasteiger partial charge in [-0.05, 0) is 17.2 Å². The van der Waals surface area contributed by atoms with E-state index < -0.39 is 0 Å². The number of carbonyl (C=O) groups excluding carboxylic acids is 1. The van der Waals surface area contributed by atoms with Gasteiger partial charge >= 0.3 is 0 Å². The lowest BCUT2D eigenvalue weighted by molar-refractivity contribution is -0.115. The molecule has 1 aliphatic rings. The number of benzene rings is 1. The maximum absolute atomic E-state index is 11.1. The number of hydrogen-bond donors (Lipinski definition) is 2. The number of rotatable bonds is 4. The Bertz CT molecular complexity index is 379. The zero-order valence-corrected chi connectivity index (χ0v) is 9.10. The van der Waals surface area contributed by atoms with Crippen molar-refractivity contribution in [2.24, 2.45) is 0 Å². The van der Waals surface area contributed by atoms with Crippen LogP contribution in [0.15, 0.2) is 18.2 Å². The lowest BCUT2D eigenvalue weighted by atomic mass is 10.1.